The van der Waals surface area contributed by atoms with E-state index in [1.165, 1.54) is 12.8 Å². The number of hydrogen-bond acceptors (Lipinski definition) is 1. The SMILES string of the molecule is CCCC.O=P(O)(O)S. The van der Waals surface area contributed by atoms with E-state index in [9.17, 15) is 4.57 Å². The maximum Gasteiger partial charge on any atom is 0.380 e. The molecule has 0 rings (SSSR count). The molecule has 0 unspecified atom stereocenters. The first kappa shape index (κ1) is 12.2. The highest BCUT2D eigenvalue weighted by Crippen LogP contribution is 2.39. The van der Waals surface area contributed by atoms with E-state index in [4.69, 9.17) is 9.79 Å². The van der Waals surface area contributed by atoms with Gasteiger partial charge in [-0.15, -0.1) is 0 Å². The highest BCUT2D eigenvalue weighted by molar-refractivity contribution is 8.43. The molecule has 0 bridgehead atoms. The van der Waals surface area contributed by atoms with Gasteiger partial charge in [0.2, 0.25) is 0 Å². The molecule has 0 spiro atoms. The average Bonchev–Trinajstić information content (AvgIpc) is 1.61. The fourth-order valence-electron chi connectivity index (χ4n) is 0. The Morgan fingerprint density at radius 3 is 1.44 bits per heavy atom. The maximum absolute atomic E-state index is 9.19. The largest absolute Gasteiger partial charge is 0.380 e. The molecule has 0 atom stereocenters. The van der Waals surface area contributed by atoms with Gasteiger partial charge in [0.25, 0.3) is 0 Å². The molecule has 9 heavy (non-hydrogen) atoms. The topological polar surface area (TPSA) is 57.5 Å². The summed E-state index contributed by atoms with van der Waals surface area (Å²) in [7, 11) is 0. The van der Waals surface area contributed by atoms with Crippen LogP contribution in [0.3, 0.4) is 0 Å². The van der Waals surface area contributed by atoms with Gasteiger partial charge in [-0.1, -0.05) is 38.9 Å². The molecule has 5 heteroatoms. The lowest BCUT2D eigenvalue weighted by molar-refractivity contribution is 0.397. The first-order chi connectivity index (χ1) is 3.91. The third-order valence-electron chi connectivity index (χ3n) is 0.500. The molecular weight excluding hydrogens is 159 g/mol. The molecule has 2 N–H and O–H groups in total. The quantitative estimate of drug-likeness (QED) is 0.417. The van der Waals surface area contributed by atoms with Crippen molar-refractivity contribution in [3.63, 3.8) is 0 Å². The average molecular weight is 172 g/mol. The van der Waals surface area contributed by atoms with Gasteiger partial charge in [-0.25, -0.2) is 4.57 Å². The summed E-state index contributed by atoms with van der Waals surface area (Å²) >= 11 is 2.79. The van der Waals surface area contributed by atoms with Crippen LogP contribution in [0.2, 0.25) is 0 Å². The van der Waals surface area contributed by atoms with E-state index >= 15 is 0 Å². The van der Waals surface area contributed by atoms with E-state index in [0.717, 1.165) is 0 Å². The second-order valence-corrected chi connectivity index (χ2v) is 4.10. The standard InChI is InChI=1S/C4H10.H3O3PS/c1-3-4-2;1-4(2,3)5/h3-4H2,1-2H3;(H3,1,2,3,5). The Labute approximate surface area is 60.8 Å². The van der Waals surface area contributed by atoms with Crippen LogP contribution in [-0.2, 0) is 4.57 Å². The van der Waals surface area contributed by atoms with Gasteiger partial charge < -0.3 is 9.79 Å². The van der Waals surface area contributed by atoms with Crippen molar-refractivity contribution < 1.29 is 14.4 Å². The van der Waals surface area contributed by atoms with Crippen LogP contribution in [-0.4, -0.2) is 9.79 Å². The third-order valence-corrected chi connectivity index (χ3v) is 0.500. The summed E-state index contributed by atoms with van der Waals surface area (Å²) < 4.78 is 9.19. The van der Waals surface area contributed by atoms with E-state index in [-0.39, 0.29) is 0 Å². The van der Waals surface area contributed by atoms with Crippen molar-refractivity contribution >= 4 is 19.0 Å². The van der Waals surface area contributed by atoms with Gasteiger partial charge in [-0.3, -0.25) is 0 Å². The van der Waals surface area contributed by atoms with Crippen molar-refractivity contribution in [3.05, 3.63) is 0 Å². The van der Waals surface area contributed by atoms with Crippen LogP contribution >= 0.6 is 19.0 Å². The van der Waals surface area contributed by atoms with Crippen molar-refractivity contribution in [1.29, 1.82) is 0 Å². The first-order valence-corrected chi connectivity index (χ1v) is 5.46. The van der Waals surface area contributed by atoms with Crippen LogP contribution in [0.5, 0.6) is 0 Å². The third kappa shape index (κ3) is 160. The summed E-state index contributed by atoms with van der Waals surface area (Å²) in [6, 6.07) is 0. The molecular formula is C4H13O3PS. The lowest BCUT2D eigenvalue weighted by atomic mass is 10.4. The summed E-state index contributed by atoms with van der Waals surface area (Å²) in [5.41, 5.74) is 0. The van der Waals surface area contributed by atoms with Crippen LogP contribution in [0.15, 0.2) is 0 Å². The Kier molecular flexibility index (Phi) is 8.97. The highest BCUT2D eigenvalue weighted by Gasteiger charge is 1.97. The van der Waals surface area contributed by atoms with Gasteiger partial charge in [0, 0.05) is 0 Å². The van der Waals surface area contributed by atoms with Gasteiger partial charge in [0.15, 0.2) is 0 Å². The number of thiol groups is 1. The Balaban J connectivity index is 0. The Morgan fingerprint density at radius 2 is 1.44 bits per heavy atom. The first-order valence-electron chi connectivity index (χ1n) is 2.70. The summed E-state index contributed by atoms with van der Waals surface area (Å²) in [6.45, 7) is 0.417. The number of hydrogen-bond donors (Lipinski definition) is 3. The summed E-state index contributed by atoms with van der Waals surface area (Å²) in [5.74, 6) is 0. The van der Waals surface area contributed by atoms with E-state index < -0.39 is 6.80 Å². The summed E-state index contributed by atoms with van der Waals surface area (Å²) in [6.07, 6.45) is 2.64. The fraction of sp³-hybridized carbons (Fsp3) is 1.00. The van der Waals surface area contributed by atoms with E-state index in [2.05, 4.69) is 26.1 Å². The molecule has 3 nitrogen and oxygen atoms in total. The Morgan fingerprint density at radius 1 is 1.33 bits per heavy atom. The molecule has 0 aliphatic carbocycles. The van der Waals surface area contributed by atoms with Crippen LogP contribution in [0.1, 0.15) is 26.7 Å². The minimum atomic E-state index is -3.94. The minimum Gasteiger partial charge on any atom is -0.317 e. The molecule has 58 valence electrons. The second-order valence-electron chi connectivity index (χ2n) is 1.51. The van der Waals surface area contributed by atoms with Crippen molar-refractivity contribution in [1.82, 2.24) is 0 Å². The summed E-state index contributed by atoms with van der Waals surface area (Å²) in [5, 5.41) is 0. The molecule has 0 aromatic carbocycles. The molecule has 0 aromatic heterocycles. The van der Waals surface area contributed by atoms with E-state index in [1.54, 1.807) is 0 Å². The zero-order valence-corrected chi connectivity index (χ0v) is 7.40. The molecule has 0 aromatic rings. The zero-order valence-electron chi connectivity index (χ0n) is 5.61. The molecule has 0 radical (unpaired) electrons. The van der Waals surface area contributed by atoms with Gasteiger partial charge in [0.1, 0.15) is 0 Å². The normalized spacial score (nSPS) is 9.89. The second kappa shape index (κ2) is 6.62. The molecule has 0 heterocycles. The van der Waals surface area contributed by atoms with Gasteiger partial charge in [-0.05, 0) is 0 Å². The smallest absolute Gasteiger partial charge is 0.317 e. The Hall–Kier alpha value is 0.500. The van der Waals surface area contributed by atoms with Crippen molar-refractivity contribution in [2.75, 3.05) is 0 Å². The molecule has 0 aliphatic rings. The van der Waals surface area contributed by atoms with Crippen molar-refractivity contribution in [2.24, 2.45) is 0 Å². The van der Waals surface area contributed by atoms with Gasteiger partial charge in [-0.2, -0.15) is 0 Å². The van der Waals surface area contributed by atoms with Gasteiger partial charge in [0.05, 0.1) is 0 Å². The lowest BCUT2D eigenvalue weighted by Crippen LogP contribution is -1.54. The van der Waals surface area contributed by atoms with E-state index in [1.807, 2.05) is 0 Å². The van der Waals surface area contributed by atoms with Crippen molar-refractivity contribution in [3.8, 4) is 0 Å². The fourth-order valence-corrected chi connectivity index (χ4v) is 0. The van der Waals surface area contributed by atoms with E-state index in [0.29, 0.717) is 0 Å². The summed E-state index contributed by atoms with van der Waals surface area (Å²) in [4.78, 5) is 15.0. The van der Waals surface area contributed by atoms with Crippen LogP contribution < -0.4 is 0 Å². The molecule has 0 amide bonds. The number of rotatable bonds is 1. The molecule has 0 aliphatic heterocycles. The zero-order chi connectivity index (χ0) is 7.91. The number of unbranched alkanes of at least 4 members (excludes halogenated alkanes) is 1. The predicted molar refractivity (Wildman–Crippen MR) is 41.6 cm³/mol. The van der Waals surface area contributed by atoms with Gasteiger partial charge >= 0.3 is 6.80 Å². The minimum absolute atomic E-state index is 1.32. The van der Waals surface area contributed by atoms with Crippen LogP contribution in [0.25, 0.3) is 0 Å². The van der Waals surface area contributed by atoms with Crippen LogP contribution in [0, 0.1) is 0 Å². The molecule has 0 saturated carbocycles. The van der Waals surface area contributed by atoms with Crippen molar-refractivity contribution in [2.45, 2.75) is 26.7 Å². The van der Waals surface area contributed by atoms with Crippen LogP contribution in [0.4, 0.5) is 0 Å². The lowest BCUT2D eigenvalue weighted by Gasteiger charge is -1.82. The highest BCUT2D eigenvalue weighted by atomic mass is 32.7. The molecule has 0 fully saturated rings. The monoisotopic (exact) mass is 172 g/mol. The Bertz CT molecular complexity index is 79.5. The maximum atomic E-state index is 9.19. The molecule has 0 saturated heterocycles. The predicted octanol–water partition coefficient (Wildman–Crippen LogP) is 1.82.